The zero-order valence-corrected chi connectivity index (χ0v) is 25.2. The van der Waals surface area contributed by atoms with Crippen LogP contribution in [-0.4, -0.2) is 73.3 Å². The third kappa shape index (κ3) is 19.2. The largest absolute Gasteiger partial charge is 0.400 e. The standard InChI is InChI=1S/C16H28N2O3.C7H17N.C2H6.CH3NO.CH4O/c1-6-7-14(11(4)19)17-16(21)15-8-13(10(2)3)9-18(15)12(5)20;1-5-7(2,3)6-8-4;1-2;2-1-3;1-2/h10,13-15H,6-9H2,1-5H3,(H,17,21);8H,5-6H2,1-4H3;1-2H3;1H,(H2,2,3);2H,1H3/t13-,14?,15?;;;;/m1..../s1. The molecule has 3 amide bonds. The molecule has 9 nitrogen and oxygen atoms in total. The lowest BCUT2D eigenvalue weighted by Gasteiger charge is -2.24. The molecule has 0 aromatic heterocycles. The van der Waals surface area contributed by atoms with E-state index in [2.05, 4.69) is 51.0 Å². The van der Waals surface area contributed by atoms with Crippen LogP contribution in [0.2, 0.25) is 0 Å². The van der Waals surface area contributed by atoms with Crippen LogP contribution in [0.25, 0.3) is 0 Å². The molecule has 5 N–H and O–H groups in total. The molecule has 1 aliphatic heterocycles. The minimum absolute atomic E-state index is 0.0296. The summed E-state index contributed by atoms with van der Waals surface area (Å²) in [4.78, 5) is 46.0. The van der Waals surface area contributed by atoms with Crippen molar-refractivity contribution >= 4 is 24.0 Å². The lowest BCUT2D eigenvalue weighted by Crippen LogP contribution is -2.50. The quantitative estimate of drug-likeness (QED) is 0.346. The molecule has 36 heavy (non-hydrogen) atoms. The Morgan fingerprint density at radius 1 is 1.14 bits per heavy atom. The van der Waals surface area contributed by atoms with E-state index in [1.807, 2.05) is 27.8 Å². The minimum atomic E-state index is -0.436. The Hall–Kier alpha value is -2.00. The molecule has 1 aliphatic rings. The number of aliphatic hydroxyl groups excluding tert-OH is 1. The van der Waals surface area contributed by atoms with Gasteiger partial charge < -0.3 is 26.4 Å². The summed E-state index contributed by atoms with van der Waals surface area (Å²) in [7, 11) is 3.00. The van der Waals surface area contributed by atoms with Gasteiger partial charge in [0.2, 0.25) is 18.2 Å². The molecule has 0 saturated carbocycles. The number of nitrogens with two attached hydrogens (primary N) is 1. The van der Waals surface area contributed by atoms with Crippen LogP contribution < -0.4 is 16.4 Å². The summed E-state index contributed by atoms with van der Waals surface area (Å²) in [6, 6.07) is -0.872. The summed E-state index contributed by atoms with van der Waals surface area (Å²) in [5.74, 6) is 0.476. The van der Waals surface area contributed by atoms with Gasteiger partial charge in [-0.25, -0.2) is 0 Å². The number of rotatable bonds is 9. The lowest BCUT2D eigenvalue weighted by atomic mass is 9.90. The fourth-order valence-corrected chi connectivity index (χ4v) is 3.49. The van der Waals surface area contributed by atoms with Crippen molar-refractivity contribution in [3.05, 3.63) is 0 Å². The van der Waals surface area contributed by atoms with E-state index in [4.69, 9.17) is 9.90 Å². The lowest BCUT2D eigenvalue weighted by molar-refractivity contribution is -0.137. The number of amides is 3. The number of ketones is 1. The van der Waals surface area contributed by atoms with Crippen LogP contribution in [-0.2, 0) is 19.2 Å². The average Bonchev–Trinajstić information content (AvgIpc) is 3.29. The van der Waals surface area contributed by atoms with Crippen molar-refractivity contribution in [3.8, 4) is 0 Å². The highest BCUT2D eigenvalue weighted by atomic mass is 16.2. The highest BCUT2D eigenvalue weighted by molar-refractivity contribution is 5.92. The van der Waals surface area contributed by atoms with E-state index in [9.17, 15) is 14.4 Å². The van der Waals surface area contributed by atoms with Crippen LogP contribution in [0.1, 0.15) is 94.9 Å². The van der Waals surface area contributed by atoms with Crippen molar-refractivity contribution in [2.24, 2.45) is 23.0 Å². The van der Waals surface area contributed by atoms with Crippen molar-refractivity contribution in [1.82, 2.24) is 15.5 Å². The predicted octanol–water partition coefficient (Wildman–Crippen LogP) is 3.13. The summed E-state index contributed by atoms with van der Waals surface area (Å²) in [6.07, 6.45) is 3.65. The second kappa shape index (κ2) is 24.7. The maximum atomic E-state index is 12.5. The van der Waals surface area contributed by atoms with E-state index in [0.29, 0.717) is 36.6 Å². The van der Waals surface area contributed by atoms with Gasteiger partial charge in [-0.05, 0) is 57.0 Å². The summed E-state index contributed by atoms with van der Waals surface area (Å²) < 4.78 is 0. The molecule has 0 aromatic rings. The molecule has 1 fully saturated rings. The van der Waals surface area contributed by atoms with Crippen molar-refractivity contribution in [2.75, 3.05) is 27.2 Å². The molecular weight excluding hydrogens is 460 g/mol. The van der Waals surface area contributed by atoms with E-state index in [1.54, 1.807) is 4.90 Å². The van der Waals surface area contributed by atoms with Gasteiger partial charge in [-0.2, -0.15) is 0 Å². The molecule has 1 heterocycles. The normalized spacial score (nSPS) is 16.9. The number of hydrogen-bond acceptors (Lipinski definition) is 6. The Morgan fingerprint density at radius 2 is 1.61 bits per heavy atom. The Labute approximate surface area is 221 Å². The number of aliphatic hydroxyl groups is 1. The Morgan fingerprint density at radius 3 is 1.89 bits per heavy atom. The van der Waals surface area contributed by atoms with Gasteiger partial charge in [0.15, 0.2) is 5.78 Å². The number of nitrogens with one attached hydrogen (secondary N) is 2. The highest BCUT2D eigenvalue weighted by Gasteiger charge is 2.39. The minimum Gasteiger partial charge on any atom is -0.400 e. The number of carbonyl (C=O) groups excluding carboxylic acids is 4. The van der Waals surface area contributed by atoms with Gasteiger partial charge in [0.1, 0.15) is 6.04 Å². The van der Waals surface area contributed by atoms with Crippen LogP contribution in [0.5, 0.6) is 0 Å². The Bertz CT molecular complexity index is 583. The van der Waals surface area contributed by atoms with Crippen LogP contribution in [0.4, 0.5) is 0 Å². The number of nitrogens with zero attached hydrogens (tertiary/aromatic N) is 1. The third-order valence-electron chi connectivity index (χ3n) is 5.98. The van der Waals surface area contributed by atoms with Crippen LogP contribution in [0.3, 0.4) is 0 Å². The summed E-state index contributed by atoms with van der Waals surface area (Å²) >= 11 is 0. The smallest absolute Gasteiger partial charge is 0.243 e. The maximum Gasteiger partial charge on any atom is 0.243 e. The first-order chi connectivity index (χ1) is 16.8. The van der Waals surface area contributed by atoms with Crippen molar-refractivity contribution < 1.29 is 24.3 Å². The number of primary amides is 1. The van der Waals surface area contributed by atoms with Crippen LogP contribution in [0.15, 0.2) is 0 Å². The number of Topliss-reactive ketones (excluding diaryl/α,β-unsaturated/α-hetero) is 1. The monoisotopic (exact) mass is 518 g/mol. The molecule has 9 heteroatoms. The van der Waals surface area contributed by atoms with Gasteiger partial charge in [-0.15, -0.1) is 0 Å². The fourth-order valence-electron chi connectivity index (χ4n) is 3.49. The molecule has 1 saturated heterocycles. The maximum absolute atomic E-state index is 12.5. The molecule has 1 rings (SSSR count). The molecule has 0 spiro atoms. The topological polar surface area (TPSA) is 142 Å². The Balaban J connectivity index is -0.000000283. The molecule has 0 radical (unpaired) electrons. The van der Waals surface area contributed by atoms with Gasteiger partial charge in [0, 0.05) is 20.6 Å². The number of carbonyl (C=O) groups is 4. The van der Waals surface area contributed by atoms with E-state index in [0.717, 1.165) is 20.1 Å². The van der Waals surface area contributed by atoms with Gasteiger partial charge in [-0.1, -0.05) is 61.8 Å². The average molecular weight is 519 g/mol. The molecule has 0 bridgehead atoms. The van der Waals surface area contributed by atoms with E-state index >= 15 is 0 Å². The van der Waals surface area contributed by atoms with E-state index < -0.39 is 12.1 Å². The molecule has 3 atom stereocenters. The summed E-state index contributed by atoms with van der Waals surface area (Å²) in [5, 5.41) is 13.0. The van der Waals surface area contributed by atoms with E-state index in [-0.39, 0.29) is 24.0 Å². The van der Waals surface area contributed by atoms with Crippen LogP contribution in [0, 0.1) is 17.3 Å². The van der Waals surface area contributed by atoms with Gasteiger partial charge >= 0.3 is 0 Å². The summed E-state index contributed by atoms with van der Waals surface area (Å²) in [5.41, 5.74) is 4.65. The van der Waals surface area contributed by atoms with Gasteiger partial charge in [0.05, 0.1) is 6.04 Å². The molecule has 2 unspecified atom stereocenters. The molecule has 216 valence electrons. The second-order valence-corrected chi connectivity index (χ2v) is 9.57. The molecule has 0 aromatic carbocycles. The fraction of sp³-hybridized carbons (Fsp3) is 0.852. The predicted molar refractivity (Wildman–Crippen MR) is 149 cm³/mol. The first kappa shape index (κ1) is 41.1. The van der Waals surface area contributed by atoms with E-state index in [1.165, 1.54) is 20.3 Å². The molecular formula is C27H58N4O5. The second-order valence-electron chi connectivity index (χ2n) is 9.57. The Kier molecular flexibility index (Phi) is 28.2. The first-order valence-corrected chi connectivity index (χ1v) is 13.1. The van der Waals surface area contributed by atoms with Crippen LogP contribution >= 0.6 is 0 Å². The van der Waals surface area contributed by atoms with Gasteiger partial charge in [0.25, 0.3) is 0 Å². The summed E-state index contributed by atoms with van der Waals surface area (Å²) in [6.45, 7) is 21.7. The zero-order chi connectivity index (χ0) is 29.5. The third-order valence-corrected chi connectivity index (χ3v) is 5.98. The SMILES string of the molecule is CC.CCC(C)(C)CNC.CCCC(NC(=O)C1C[C@@H](C(C)C)CN1C(C)=O)C(C)=O.CO.NC=O. The number of hydrogen-bond donors (Lipinski definition) is 4. The van der Waals surface area contributed by atoms with Crippen molar-refractivity contribution in [1.29, 1.82) is 0 Å². The van der Waals surface area contributed by atoms with Gasteiger partial charge in [-0.3, -0.25) is 19.2 Å². The first-order valence-electron chi connectivity index (χ1n) is 13.1. The molecule has 0 aliphatic carbocycles. The highest BCUT2D eigenvalue weighted by Crippen LogP contribution is 2.29. The van der Waals surface area contributed by atoms with Crippen molar-refractivity contribution in [2.45, 2.75) is 107 Å². The van der Waals surface area contributed by atoms with Crippen molar-refractivity contribution in [3.63, 3.8) is 0 Å². The zero-order valence-electron chi connectivity index (χ0n) is 25.2. The number of likely N-dealkylation sites (tertiary alicyclic amines) is 1.